The molecule has 0 aromatic heterocycles. The SMILES string of the molecule is C=CCOP(=S)(CC)Sc1ccc(Cl)cc1. The average Bonchev–Trinajstić information content (AvgIpc) is 2.30. The Kier molecular flexibility index (Phi) is 6.09. The first-order valence-electron chi connectivity index (χ1n) is 4.89. The minimum Gasteiger partial charge on any atom is -0.337 e. The monoisotopic (exact) mass is 292 g/mol. The number of benzene rings is 1. The molecule has 0 aliphatic carbocycles. The Morgan fingerprint density at radius 2 is 2.12 bits per heavy atom. The van der Waals surface area contributed by atoms with Gasteiger partial charge in [0.1, 0.15) is 5.47 Å². The van der Waals surface area contributed by atoms with Crippen LogP contribution in [0.3, 0.4) is 0 Å². The molecule has 0 radical (unpaired) electrons. The zero-order valence-electron chi connectivity index (χ0n) is 9.06. The summed E-state index contributed by atoms with van der Waals surface area (Å²) in [5.41, 5.74) is -1.82. The van der Waals surface area contributed by atoms with Crippen LogP contribution in [0.4, 0.5) is 0 Å². The summed E-state index contributed by atoms with van der Waals surface area (Å²) in [6.45, 7) is 6.22. The Morgan fingerprint density at radius 1 is 1.50 bits per heavy atom. The minimum absolute atomic E-state index is 0.520. The second-order valence-corrected chi connectivity index (χ2v) is 11.0. The second kappa shape index (κ2) is 6.83. The van der Waals surface area contributed by atoms with E-state index in [2.05, 4.69) is 13.5 Å². The van der Waals surface area contributed by atoms with E-state index in [0.717, 1.165) is 16.1 Å². The molecule has 1 atom stereocenters. The van der Waals surface area contributed by atoms with Crippen LogP contribution in [0.25, 0.3) is 0 Å². The van der Waals surface area contributed by atoms with E-state index in [1.54, 1.807) is 17.5 Å². The summed E-state index contributed by atoms with van der Waals surface area (Å²) in [5, 5.41) is 0.737. The number of rotatable bonds is 6. The molecule has 0 N–H and O–H groups in total. The summed E-state index contributed by atoms with van der Waals surface area (Å²) in [4.78, 5) is 1.11. The van der Waals surface area contributed by atoms with E-state index in [4.69, 9.17) is 27.9 Å². The van der Waals surface area contributed by atoms with Crippen LogP contribution in [0.15, 0.2) is 41.8 Å². The van der Waals surface area contributed by atoms with Gasteiger partial charge in [-0.25, -0.2) is 0 Å². The van der Waals surface area contributed by atoms with Gasteiger partial charge in [-0.1, -0.05) is 47.8 Å². The zero-order chi connectivity index (χ0) is 12.0. The summed E-state index contributed by atoms with van der Waals surface area (Å²) < 4.78 is 5.70. The third-order valence-corrected chi connectivity index (χ3v) is 8.48. The van der Waals surface area contributed by atoms with E-state index >= 15 is 0 Å². The van der Waals surface area contributed by atoms with Gasteiger partial charge >= 0.3 is 0 Å². The lowest BCUT2D eigenvalue weighted by Gasteiger charge is -2.19. The van der Waals surface area contributed by atoms with Crippen LogP contribution < -0.4 is 0 Å². The van der Waals surface area contributed by atoms with Crippen LogP contribution in [0, 0.1) is 0 Å². The molecule has 1 aromatic rings. The highest BCUT2D eigenvalue weighted by molar-refractivity contribution is 8.69. The normalized spacial score (nSPS) is 14.4. The summed E-state index contributed by atoms with van der Waals surface area (Å²) in [6, 6.07) is 7.68. The maximum absolute atomic E-state index is 5.83. The quantitative estimate of drug-likeness (QED) is 0.541. The van der Waals surface area contributed by atoms with E-state index in [-0.39, 0.29) is 0 Å². The molecule has 1 nitrogen and oxygen atoms in total. The van der Waals surface area contributed by atoms with Gasteiger partial charge in [0, 0.05) is 16.1 Å². The zero-order valence-corrected chi connectivity index (χ0v) is 12.3. The van der Waals surface area contributed by atoms with Crippen LogP contribution in [0.2, 0.25) is 5.02 Å². The maximum Gasteiger partial charge on any atom is 0.124 e. The van der Waals surface area contributed by atoms with Crippen molar-refractivity contribution < 1.29 is 4.52 Å². The maximum atomic E-state index is 5.83. The summed E-state index contributed by atoms with van der Waals surface area (Å²) in [6.07, 6.45) is 2.60. The van der Waals surface area contributed by atoms with Crippen LogP contribution in [0.5, 0.6) is 0 Å². The fourth-order valence-electron chi connectivity index (χ4n) is 1.00. The Labute approximate surface area is 111 Å². The molecular weight excluding hydrogens is 279 g/mol. The smallest absolute Gasteiger partial charge is 0.124 e. The third-order valence-electron chi connectivity index (χ3n) is 1.83. The van der Waals surface area contributed by atoms with Gasteiger partial charge < -0.3 is 4.52 Å². The van der Waals surface area contributed by atoms with E-state index in [1.165, 1.54) is 0 Å². The van der Waals surface area contributed by atoms with Crippen molar-refractivity contribution in [2.24, 2.45) is 0 Å². The molecule has 0 aliphatic heterocycles. The Morgan fingerprint density at radius 3 is 2.62 bits per heavy atom. The molecule has 0 spiro atoms. The number of halogens is 1. The molecular formula is C11H14ClOPS2. The number of hydrogen-bond acceptors (Lipinski definition) is 3. The largest absolute Gasteiger partial charge is 0.337 e. The van der Waals surface area contributed by atoms with Gasteiger partial charge in [-0.15, -0.1) is 6.58 Å². The van der Waals surface area contributed by atoms with Crippen molar-refractivity contribution in [3.05, 3.63) is 41.9 Å². The predicted octanol–water partition coefficient (Wildman–Crippen LogP) is 4.96. The van der Waals surface area contributed by atoms with Crippen molar-refractivity contribution in [3.8, 4) is 0 Å². The molecule has 0 amide bonds. The minimum atomic E-state index is -1.82. The topological polar surface area (TPSA) is 9.23 Å². The highest BCUT2D eigenvalue weighted by Crippen LogP contribution is 2.62. The van der Waals surface area contributed by atoms with Crippen molar-refractivity contribution in [3.63, 3.8) is 0 Å². The van der Waals surface area contributed by atoms with Crippen LogP contribution in [-0.4, -0.2) is 12.8 Å². The lowest BCUT2D eigenvalue weighted by Crippen LogP contribution is -1.89. The lowest BCUT2D eigenvalue weighted by atomic mass is 10.4. The summed E-state index contributed by atoms with van der Waals surface area (Å²) in [7, 11) is 0. The first kappa shape index (κ1) is 14.3. The van der Waals surface area contributed by atoms with Crippen LogP contribution >= 0.6 is 28.4 Å². The molecule has 1 rings (SSSR count). The van der Waals surface area contributed by atoms with Gasteiger partial charge in [-0.2, -0.15) is 0 Å². The van der Waals surface area contributed by atoms with Gasteiger partial charge in [-0.05, 0) is 24.3 Å². The Balaban J connectivity index is 2.72. The van der Waals surface area contributed by atoms with Crippen molar-refractivity contribution in [1.29, 1.82) is 0 Å². The molecule has 16 heavy (non-hydrogen) atoms. The predicted molar refractivity (Wildman–Crippen MR) is 78.3 cm³/mol. The second-order valence-electron chi connectivity index (χ2n) is 3.06. The van der Waals surface area contributed by atoms with E-state index in [1.807, 2.05) is 24.3 Å². The summed E-state index contributed by atoms with van der Waals surface area (Å²) in [5.74, 6) is 0. The molecule has 1 aromatic carbocycles. The molecule has 1 unspecified atom stereocenters. The fourth-order valence-corrected chi connectivity index (χ4v) is 5.42. The third kappa shape index (κ3) is 4.60. The average molecular weight is 293 g/mol. The first-order valence-corrected chi connectivity index (χ1v) is 9.60. The van der Waals surface area contributed by atoms with E-state index in [9.17, 15) is 0 Å². The van der Waals surface area contributed by atoms with Gasteiger partial charge in [0.15, 0.2) is 0 Å². The Hall–Kier alpha value is 0.210. The molecule has 0 heterocycles. The molecule has 0 fully saturated rings. The van der Waals surface area contributed by atoms with Crippen LogP contribution in [-0.2, 0) is 16.3 Å². The van der Waals surface area contributed by atoms with Crippen molar-refractivity contribution in [2.75, 3.05) is 12.8 Å². The first-order chi connectivity index (χ1) is 7.59. The lowest BCUT2D eigenvalue weighted by molar-refractivity contribution is 0.412. The standard InChI is InChI=1S/C11H14ClOPS2/c1-3-9-13-14(15,4-2)16-11-7-5-10(12)6-8-11/h3,5-8H,1,4,9H2,2H3. The van der Waals surface area contributed by atoms with Gasteiger partial charge in [-0.3, -0.25) is 0 Å². The summed E-state index contributed by atoms with van der Waals surface area (Å²) >= 11 is 13.0. The molecule has 88 valence electrons. The van der Waals surface area contributed by atoms with Crippen molar-refractivity contribution in [2.45, 2.75) is 11.8 Å². The van der Waals surface area contributed by atoms with Crippen LogP contribution in [0.1, 0.15) is 6.92 Å². The van der Waals surface area contributed by atoms with Crippen molar-refractivity contribution >= 4 is 40.3 Å². The highest BCUT2D eigenvalue weighted by atomic mass is 35.5. The van der Waals surface area contributed by atoms with Gasteiger partial charge in [0.25, 0.3) is 0 Å². The molecule has 0 saturated heterocycles. The Bertz CT molecular complexity index is 391. The highest BCUT2D eigenvalue weighted by Gasteiger charge is 2.16. The van der Waals surface area contributed by atoms with Gasteiger partial charge in [0.05, 0.1) is 6.61 Å². The molecule has 5 heteroatoms. The fraction of sp³-hybridized carbons (Fsp3) is 0.273. The molecule has 0 aliphatic rings. The molecule has 0 saturated carbocycles. The van der Waals surface area contributed by atoms with Crippen molar-refractivity contribution in [1.82, 2.24) is 0 Å². The molecule has 0 bridgehead atoms. The van der Waals surface area contributed by atoms with E-state index < -0.39 is 5.47 Å². The van der Waals surface area contributed by atoms with Gasteiger partial charge in [0.2, 0.25) is 0 Å². The number of hydrogen-bond donors (Lipinski definition) is 0. The van der Waals surface area contributed by atoms with E-state index in [0.29, 0.717) is 6.61 Å².